The van der Waals surface area contributed by atoms with Gasteiger partial charge in [-0.15, -0.1) is 0 Å². The van der Waals surface area contributed by atoms with Crippen LogP contribution in [0.15, 0.2) is 6.33 Å². The molecule has 11 nitrogen and oxygen atoms in total. The van der Waals surface area contributed by atoms with E-state index in [0.29, 0.717) is 25.3 Å². The number of amides is 1. The highest BCUT2D eigenvalue weighted by Gasteiger charge is 2.47. The summed E-state index contributed by atoms with van der Waals surface area (Å²) in [6.45, 7) is 4.25. The van der Waals surface area contributed by atoms with Gasteiger partial charge in [0.05, 0.1) is 6.33 Å². The van der Waals surface area contributed by atoms with Crippen LogP contribution in [-0.4, -0.2) is 71.2 Å². The van der Waals surface area contributed by atoms with Crippen LogP contribution in [0, 0.1) is 17.8 Å². The molecule has 0 unspecified atom stereocenters. The smallest absolute Gasteiger partial charge is 0.252 e. The third-order valence-corrected chi connectivity index (χ3v) is 6.49. The van der Waals surface area contributed by atoms with E-state index in [4.69, 9.17) is 10.5 Å². The van der Waals surface area contributed by atoms with Gasteiger partial charge in [-0.25, -0.2) is 15.0 Å². The molecule has 2 fully saturated rings. The summed E-state index contributed by atoms with van der Waals surface area (Å²) in [5.74, 6) is 6.00. The van der Waals surface area contributed by atoms with E-state index in [9.17, 15) is 20.1 Å². The van der Waals surface area contributed by atoms with E-state index < -0.39 is 36.0 Å². The molecule has 1 aliphatic heterocycles. The van der Waals surface area contributed by atoms with Crippen LogP contribution in [0.25, 0.3) is 11.2 Å². The van der Waals surface area contributed by atoms with Crippen LogP contribution < -0.4 is 11.1 Å². The largest absolute Gasteiger partial charge is 0.387 e. The Hall–Kier alpha value is -2.78. The molecule has 6 N–H and O–H groups in total. The first-order valence-corrected chi connectivity index (χ1v) is 11.3. The lowest BCUT2D eigenvalue weighted by atomic mass is 9.78. The summed E-state index contributed by atoms with van der Waals surface area (Å²) in [6.07, 6.45) is 0.298. The Bertz CT molecular complexity index is 1080. The lowest BCUT2D eigenvalue weighted by Gasteiger charge is -2.31. The molecule has 1 aliphatic carbocycles. The van der Waals surface area contributed by atoms with Crippen LogP contribution in [0.2, 0.25) is 0 Å². The van der Waals surface area contributed by atoms with Crippen molar-refractivity contribution in [3.05, 3.63) is 12.2 Å². The molecular formula is C22H30N6O5. The molecule has 1 saturated carbocycles. The highest BCUT2D eigenvalue weighted by atomic mass is 16.6. The molecule has 33 heavy (non-hydrogen) atoms. The number of ether oxygens (including phenoxy) is 1. The molecule has 11 heteroatoms. The van der Waals surface area contributed by atoms with E-state index in [1.54, 1.807) is 6.92 Å². The first kappa shape index (κ1) is 23.4. The van der Waals surface area contributed by atoms with Gasteiger partial charge in [-0.05, 0) is 44.4 Å². The summed E-state index contributed by atoms with van der Waals surface area (Å²) < 4.78 is 7.05. The molecule has 4 atom stereocenters. The van der Waals surface area contributed by atoms with E-state index >= 15 is 0 Å². The number of nitrogens with two attached hydrogens (primary N) is 1. The Morgan fingerprint density at radius 2 is 2.03 bits per heavy atom. The van der Waals surface area contributed by atoms with Crippen LogP contribution in [-0.2, 0) is 9.53 Å². The maximum Gasteiger partial charge on any atom is 0.252 e. The average Bonchev–Trinajstić information content (AvgIpc) is 3.35. The van der Waals surface area contributed by atoms with Crippen molar-refractivity contribution >= 4 is 22.9 Å². The maximum atomic E-state index is 12.2. The molecule has 178 valence electrons. The van der Waals surface area contributed by atoms with Crippen LogP contribution in [0.1, 0.15) is 58.0 Å². The Kier molecular flexibility index (Phi) is 6.54. The van der Waals surface area contributed by atoms with Gasteiger partial charge >= 0.3 is 0 Å². The number of nitrogens with one attached hydrogen (secondary N) is 1. The van der Waals surface area contributed by atoms with Crippen molar-refractivity contribution in [1.29, 1.82) is 0 Å². The number of likely N-dealkylation sites (N-methyl/N-ethyl adjacent to an activating group) is 1. The number of imidazole rings is 1. The van der Waals surface area contributed by atoms with Crippen molar-refractivity contribution in [2.45, 2.75) is 76.1 Å². The Labute approximate surface area is 191 Å². The first-order valence-electron chi connectivity index (χ1n) is 11.3. The van der Waals surface area contributed by atoms with E-state index in [1.807, 2.05) is 0 Å². The number of hydrogen-bond acceptors (Lipinski definition) is 9. The number of nitrogens with zero attached hydrogens (tertiary/aromatic N) is 4. The summed E-state index contributed by atoms with van der Waals surface area (Å²) in [5.41, 5.74) is 5.47. The number of rotatable bonds is 4. The normalized spacial score (nSPS) is 31.8. The van der Waals surface area contributed by atoms with Crippen molar-refractivity contribution in [1.82, 2.24) is 24.8 Å². The Balaban J connectivity index is 1.62. The third-order valence-electron chi connectivity index (χ3n) is 6.49. The van der Waals surface area contributed by atoms with Gasteiger partial charge < -0.3 is 31.1 Å². The summed E-state index contributed by atoms with van der Waals surface area (Å²) in [7, 11) is 0. The van der Waals surface area contributed by atoms with Crippen LogP contribution in [0.3, 0.4) is 0 Å². The summed E-state index contributed by atoms with van der Waals surface area (Å²) in [5, 5.41) is 34.2. The van der Waals surface area contributed by atoms with Gasteiger partial charge in [-0.2, -0.15) is 0 Å². The number of aliphatic hydroxyl groups excluding tert-OH is 2. The molecule has 0 radical (unpaired) electrons. The zero-order chi connectivity index (χ0) is 23.8. The van der Waals surface area contributed by atoms with Gasteiger partial charge in [0.25, 0.3) is 5.91 Å². The predicted molar refractivity (Wildman–Crippen MR) is 118 cm³/mol. The number of nitrogen functional groups attached to an aromatic ring is 1. The minimum atomic E-state index is -1.43. The van der Waals surface area contributed by atoms with Crippen molar-refractivity contribution in [2.75, 3.05) is 12.3 Å². The van der Waals surface area contributed by atoms with Gasteiger partial charge in [-0.3, -0.25) is 9.36 Å². The number of carbonyl (C=O) groups excluding carboxylic acids is 1. The number of hydrogen-bond donors (Lipinski definition) is 5. The molecule has 0 aromatic carbocycles. The number of aliphatic hydroxyl groups is 3. The molecule has 0 spiro atoms. The molecule has 2 aromatic rings. The molecular weight excluding hydrogens is 428 g/mol. The van der Waals surface area contributed by atoms with Crippen LogP contribution in [0.4, 0.5) is 5.82 Å². The van der Waals surface area contributed by atoms with Crippen LogP contribution >= 0.6 is 0 Å². The van der Waals surface area contributed by atoms with Gasteiger partial charge in [-0.1, -0.05) is 19.3 Å². The fourth-order valence-electron chi connectivity index (χ4n) is 4.42. The molecule has 1 saturated heterocycles. The summed E-state index contributed by atoms with van der Waals surface area (Å²) in [4.78, 5) is 24.9. The number of anilines is 1. The first-order chi connectivity index (χ1) is 15.8. The topological polar surface area (TPSA) is 169 Å². The zero-order valence-corrected chi connectivity index (χ0v) is 18.7. The van der Waals surface area contributed by atoms with Crippen LogP contribution in [0.5, 0.6) is 0 Å². The Morgan fingerprint density at radius 1 is 1.30 bits per heavy atom. The highest BCUT2D eigenvalue weighted by molar-refractivity contribution is 5.83. The van der Waals surface area contributed by atoms with E-state index in [2.05, 4.69) is 39.0 Å². The van der Waals surface area contributed by atoms with E-state index in [1.165, 1.54) is 10.9 Å². The van der Waals surface area contributed by atoms with Gasteiger partial charge in [0, 0.05) is 6.54 Å². The van der Waals surface area contributed by atoms with Gasteiger partial charge in [0.15, 0.2) is 23.8 Å². The standard InChI is InChI=1S/C22H30N6O5/c1-3-12-5-8-22(32,9-6-12)10-7-13-26-18(23)14-19(27-13)28(11-25-14)21-16(30)15(29)17(33-21)20(31)24-4-2/h11-12,15-17,21,29-30,32H,3-6,8-9H2,1-2H3,(H,24,31)(H2,23,26,27)/t12?,15-,16+,17-,21+,22?/m0/s1. The lowest BCUT2D eigenvalue weighted by molar-refractivity contribution is -0.137. The summed E-state index contributed by atoms with van der Waals surface area (Å²) in [6, 6.07) is 0. The minimum absolute atomic E-state index is 0.0815. The fraction of sp³-hybridized carbons (Fsp3) is 0.636. The zero-order valence-electron chi connectivity index (χ0n) is 18.7. The second-order valence-electron chi connectivity index (χ2n) is 8.71. The Morgan fingerprint density at radius 3 is 2.70 bits per heavy atom. The lowest BCUT2D eigenvalue weighted by Crippen LogP contribution is -2.42. The number of carbonyl (C=O) groups is 1. The molecule has 0 bridgehead atoms. The quantitative estimate of drug-likeness (QED) is 0.391. The fourth-order valence-corrected chi connectivity index (χ4v) is 4.42. The predicted octanol–water partition coefficient (Wildman–Crippen LogP) is -0.153. The van der Waals surface area contributed by atoms with Gasteiger partial charge in [0.2, 0.25) is 5.82 Å². The van der Waals surface area contributed by atoms with Crippen molar-refractivity contribution in [3.63, 3.8) is 0 Å². The van der Waals surface area contributed by atoms with Crippen molar-refractivity contribution in [2.24, 2.45) is 5.92 Å². The highest BCUT2D eigenvalue weighted by Crippen LogP contribution is 2.34. The molecule has 2 aromatic heterocycles. The summed E-state index contributed by atoms with van der Waals surface area (Å²) >= 11 is 0. The second-order valence-corrected chi connectivity index (χ2v) is 8.71. The monoisotopic (exact) mass is 458 g/mol. The van der Waals surface area contributed by atoms with E-state index in [-0.39, 0.29) is 22.8 Å². The van der Waals surface area contributed by atoms with E-state index in [0.717, 1.165) is 19.3 Å². The second kappa shape index (κ2) is 9.23. The molecule has 3 heterocycles. The number of fused-ring (bicyclic) bond motifs is 1. The SMILES string of the molecule is CCNC(=O)[C@H]1O[C@@H](n2cnc3c(N)nc(C#CC4(O)CCC(CC)CC4)nc32)[C@H](O)[C@@H]1O. The van der Waals surface area contributed by atoms with Gasteiger partial charge in [0.1, 0.15) is 23.3 Å². The molecule has 1 amide bonds. The minimum Gasteiger partial charge on any atom is -0.387 e. The van der Waals surface area contributed by atoms with Crippen molar-refractivity contribution in [3.8, 4) is 11.8 Å². The number of aromatic nitrogens is 4. The third kappa shape index (κ3) is 4.52. The molecule has 2 aliphatic rings. The van der Waals surface area contributed by atoms with Crippen molar-refractivity contribution < 1.29 is 24.9 Å². The average molecular weight is 459 g/mol. The molecule has 4 rings (SSSR count). The maximum absolute atomic E-state index is 12.2.